The second-order valence-corrected chi connectivity index (χ2v) is 2.45. The minimum atomic E-state index is -4.33. The van der Waals surface area contributed by atoms with Crippen molar-refractivity contribution in [3.63, 3.8) is 0 Å². The summed E-state index contributed by atoms with van der Waals surface area (Å²) in [4.78, 5) is 0. The van der Waals surface area contributed by atoms with Gasteiger partial charge >= 0.3 is 73.8 Å². The normalized spacial score (nSPS) is 8.29. The Balaban J connectivity index is -0.0000000800. The smallest absolute Gasteiger partial charge is 0.780 e. The summed E-state index contributed by atoms with van der Waals surface area (Å²) < 4.78 is 26.7. The van der Waals surface area contributed by atoms with Gasteiger partial charge < -0.3 is 9.11 Å². The number of hydrogen-bond donors (Lipinski definition) is 0. The number of hydrogen-bond acceptors (Lipinski definition) is 4. The van der Waals surface area contributed by atoms with Crippen molar-refractivity contribution in [1.82, 2.24) is 0 Å². The van der Waals surface area contributed by atoms with E-state index in [0.717, 1.165) is 0 Å². The third-order valence-corrected chi connectivity index (χ3v) is 0. The van der Waals surface area contributed by atoms with Gasteiger partial charge in [-0.15, -0.1) is 9.05 Å². The van der Waals surface area contributed by atoms with Crippen molar-refractivity contribution in [2.24, 2.45) is 0 Å². The molecule has 0 bridgehead atoms. The molecule has 0 aliphatic heterocycles. The molecule has 3 nitrogen and oxygen atoms in total. The van der Waals surface area contributed by atoms with Crippen LogP contribution in [0.4, 0.5) is 0 Å². The van der Waals surface area contributed by atoms with Crippen LogP contribution in [0.5, 0.6) is 0 Å². The minimum absolute atomic E-state index is 0. The van der Waals surface area contributed by atoms with Gasteiger partial charge in [-0.3, -0.25) is 4.21 Å². The van der Waals surface area contributed by atoms with Gasteiger partial charge in [0.2, 0.25) is 0 Å². The summed E-state index contributed by atoms with van der Waals surface area (Å²) in [6, 6.07) is 0. The molecule has 7 heteroatoms. The predicted molar refractivity (Wildman–Crippen MR) is 17.1 cm³/mol. The van der Waals surface area contributed by atoms with E-state index in [1.54, 1.807) is 0 Å². The molecular weight excluding hydrogens is 259 g/mol. The molecule has 0 aliphatic rings. The van der Waals surface area contributed by atoms with Gasteiger partial charge in [-0.1, -0.05) is 0 Å². The van der Waals surface area contributed by atoms with E-state index < -0.39 is 9.05 Å². The van der Waals surface area contributed by atoms with Crippen LogP contribution in [0.15, 0.2) is 0 Å². The molecule has 0 saturated carbocycles. The van der Waals surface area contributed by atoms with Gasteiger partial charge in [-0.25, -0.2) is 0 Å². The third-order valence-electron chi connectivity index (χ3n) is 0. The SMILES string of the molecule is O=S([O-])([O-])=S.[Ag+].[K+]. The zero-order chi connectivity index (χ0) is 4.50. The molecule has 0 amide bonds. The van der Waals surface area contributed by atoms with Crippen molar-refractivity contribution in [1.29, 1.82) is 0 Å². The van der Waals surface area contributed by atoms with Crippen molar-refractivity contribution >= 4 is 20.2 Å². The van der Waals surface area contributed by atoms with Gasteiger partial charge in [0.1, 0.15) is 0 Å². The Hall–Kier alpha value is 2.67. The summed E-state index contributed by atoms with van der Waals surface area (Å²) in [7, 11) is -4.33. The molecule has 0 unspecified atom stereocenters. The maximum atomic E-state index is 8.89. The van der Waals surface area contributed by atoms with E-state index in [2.05, 4.69) is 11.2 Å². The van der Waals surface area contributed by atoms with Crippen LogP contribution in [0.3, 0.4) is 0 Å². The Labute approximate surface area is 105 Å². The first kappa shape index (κ1) is 16.3. The monoisotopic (exact) mass is 258 g/mol. The van der Waals surface area contributed by atoms with Crippen molar-refractivity contribution in [3.8, 4) is 0 Å². The van der Waals surface area contributed by atoms with Crippen molar-refractivity contribution in [3.05, 3.63) is 0 Å². The summed E-state index contributed by atoms with van der Waals surface area (Å²) in [6.07, 6.45) is 0. The van der Waals surface area contributed by atoms with E-state index in [9.17, 15) is 0 Å². The topological polar surface area (TPSA) is 63.2 Å². The molecule has 0 N–H and O–H groups in total. The van der Waals surface area contributed by atoms with Gasteiger partial charge in [0, 0.05) is 0 Å². The number of rotatable bonds is 0. The molecule has 42 valence electrons. The molecule has 7 heavy (non-hydrogen) atoms. The zero-order valence-electron chi connectivity index (χ0n) is 3.34. The minimum Gasteiger partial charge on any atom is -0.780 e. The molecule has 0 fully saturated rings. The van der Waals surface area contributed by atoms with Crippen LogP contribution in [0.1, 0.15) is 0 Å². The summed E-state index contributed by atoms with van der Waals surface area (Å²) in [5.74, 6) is 0. The maximum Gasteiger partial charge on any atom is 1.00 e. The molecule has 0 heterocycles. The summed E-state index contributed by atoms with van der Waals surface area (Å²) in [5, 5.41) is 0. The molecule has 0 radical (unpaired) electrons. The molecular formula is AgKO3S2. The molecule has 0 saturated heterocycles. The predicted octanol–water partition coefficient (Wildman–Crippen LogP) is -4.00. The fraction of sp³-hybridized carbons (Fsp3) is 0. The first-order valence-electron chi connectivity index (χ1n) is 0.667. The Morgan fingerprint density at radius 1 is 1.43 bits per heavy atom. The van der Waals surface area contributed by atoms with Crippen molar-refractivity contribution in [2.45, 2.75) is 0 Å². The molecule has 0 aromatic heterocycles. The largest absolute Gasteiger partial charge is 1.00 e. The summed E-state index contributed by atoms with van der Waals surface area (Å²) >= 11 is 3.24. The second kappa shape index (κ2) is 6.78. The van der Waals surface area contributed by atoms with E-state index in [1.807, 2.05) is 0 Å². The molecule has 0 spiro atoms. The van der Waals surface area contributed by atoms with Crippen LogP contribution in [-0.2, 0) is 42.6 Å². The average Bonchev–Trinajstić information content (AvgIpc) is 0.722. The Bertz CT molecular complexity index is 96.1. The first-order chi connectivity index (χ1) is 2.00. The first-order valence-corrected chi connectivity index (χ1v) is 3.00. The van der Waals surface area contributed by atoms with E-state index in [0.29, 0.717) is 0 Å². The van der Waals surface area contributed by atoms with Gasteiger partial charge in [0.15, 0.2) is 0 Å². The van der Waals surface area contributed by atoms with Gasteiger partial charge in [0.05, 0.1) is 0 Å². The molecule has 0 aromatic rings. The molecule has 0 aromatic carbocycles. The van der Waals surface area contributed by atoms with Gasteiger partial charge in [0.25, 0.3) is 0 Å². The maximum absolute atomic E-state index is 8.89. The summed E-state index contributed by atoms with van der Waals surface area (Å²) in [6.45, 7) is 0. The van der Waals surface area contributed by atoms with E-state index >= 15 is 0 Å². The van der Waals surface area contributed by atoms with Gasteiger partial charge in [-0.2, -0.15) is 0 Å². The fourth-order valence-corrected chi connectivity index (χ4v) is 0. The fourth-order valence-electron chi connectivity index (χ4n) is 0. The third kappa shape index (κ3) is 54.2. The van der Waals surface area contributed by atoms with Crippen LogP contribution in [-0.4, -0.2) is 13.3 Å². The van der Waals surface area contributed by atoms with Crippen LogP contribution in [0, 0.1) is 0 Å². The zero-order valence-corrected chi connectivity index (χ0v) is 9.58. The van der Waals surface area contributed by atoms with Crippen LogP contribution < -0.4 is 51.4 Å². The molecule has 0 atom stereocenters. The molecule has 0 rings (SSSR count). The van der Waals surface area contributed by atoms with Crippen molar-refractivity contribution < 1.29 is 87.1 Å². The Morgan fingerprint density at radius 2 is 1.43 bits per heavy atom. The van der Waals surface area contributed by atoms with Crippen molar-refractivity contribution in [2.75, 3.05) is 0 Å². The van der Waals surface area contributed by atoms with Crippen LogP contribution in [0.2, 0.25) is 0 Å². The Morgan fingerprint density at radius 3 is 1.43 bits per heavy atom. The average molecular weight is 259 g/mol. The molecule has 0 aliphatic carbocycles. The standard InChI is InChI=1S/Ag.K.H2O3S2/c;;1-5(2,3)4/h;;(H2,1,2,3,4)/q2*+1;/p-2. The summed E-state index contributed by atoms with van der Waals surface area (Å²) in [5.41, 5.74) is 0. The van der Waals surface area contributed by atoms with Gasteiger partial charge in [-0.05, 0) is 11.2 Å². The van der Waals surface area contributed by atoms with E-state index in [-0.39, 0.29) is 73.8 Å². The van der Waals surface area contributed by atoms with E-state index in [1.165, 1.54) is 0 Å². The van der Waals surface area contributed by atoms with Crippen LogP contribution in [0.25, 0.3) is 0 Å². The van der Waals surface area contributed by atoms with E-state index in [4.69, 9.17) is 13.3 Å². The second-order valence-electron chi connectivity index (χ2n) is 0.408. The quantitative estimate of drug-likeness (QED) is 0.416. The van der Waals surface area contributed by atoms with Crippen LogP contribution >= 0.6 is 0 Å². The Kier molecular flexibility index (Phi) is 15.8.